The lowest BCUT2D eigenvalue weighted by Gasteiger charge is -2.13. The van der Waals surface area contributed by atoms with E-state index in [0.29, 0.717) is 29.7 Å². The van der Waals surface area contributed by atoms with Crippen molar-refractivity contribution in [3.63, 3.8) is 0 Å². The summed E-state index contributed by atoms with van der Waals surface area (Å²) in [5.74, 6) is 1.18. The fourth-order valence-electron chi connectivity index (χ4n) is 2.85. The maximum Gasteiger partial charge on any atom is 0.161 e. The van der Waals surface area contributed by atoms with Gasteiger partial charge in [-0.25, -0.2) is 4.39 Å². The molecular formula is C23H23ClFNO2. The Morgan fingerprint density at radius 1 is 0.893 bits per heavy atom. The van der Waals surface area contributed by atoms with Crippen molar-refractivity contribution in [1.29, 1.82) is 0 Å². The zero-order chi connectivity index (χ0) is 19.8. The predicted octanol–water partition coefficient (Wildman–Crippen LogP) is 5.40. The highest BCUT2D eigenvalue weighted by molar-refractivity contribution is 6.30. The average Bonchev–Trinajstić information content (AvgIpc) is 2.71. The van der Waals surface area contributed by atoms with Gasteiger partial charge in [0.1, 0.15) is 12.4 Å². The van der Waals surface area contributed by atoms with E-state index >= 15 is 0 Å². The Morgan fingerprint density at radius 3 is 2.43 bits per heavy atom. The average molecular weight is 400 g/mol. The van der Waals surface area contributed by atoms with Crippen LogP contribution in [0.4, 0.5) is 4.39 Å². The van der Waals surface area contributed by atoms with Gasteiger partial charge in [0.25, 0.3) is 0 Å². The molecule has 3 aromatic rings. The zero-order valence-corrected chi connectivity index (χ0v) is 16.5. The van der Waals surface area contributed by atoms with Crippen LogP contribution in [0.3, 0.4) is 0 Å². The molecule has 0 aliphatic heterocycles. The number of hydrogen-bond donors (Lipinski definition) is 1. The van der Waals surface area contributed by atoms with Crippen LogP contribution in [0, 0.1) is 5.82 Å². The van der Waals surface area contributed by atoms with Crippen LogP contribution in [0.1, 0.15) is 16.7 Å². The summed E-state index contributed by atoms with van der Waals surface area (Å²) in [6.07, 6.45) is 0.845. The molecule has 0 fully saturated rings. The minimum atomic E-state index is -0.207. The van der Waals surface area contributed by atoms with E-state index in [2.05, 4.69) is 5.32 Å². The third-order valence-corrected chi connectivity index (χ3v) is 4.58. The smallest absolute Gasteiger partial charge is 0.161 e. The van der Waals surface area contributed by atoms with Gasteiger partial charge in [0.2, 0.25) is 0 Å². The molecule has 0 aliphatic rings. The van der Waals surface area contributed by atoms with Crippen molar-refractivity contribution in [2.24, 2.45) is 0 Å². The van der Waals surface area contributed by atoms with E-state index in [1.807, 2.05) is 54.6 Å². The third kappa shape index (κ3) is 5.98. The van der Waals surface area contributed by atoms with Crippen LogP contribution in [0.2, 0.25) is 5.02 Å². The molecule has 0 aromatic heterocycles. The monoisotopic (exact) mass is 399 g/mol. The molecule has 0 radical (unpaired) electrons. The van der Waals surface area contributed by atoms with Gasteiger partial charge in [-0.3, -0.25) is 0 Å². The quantitative estimate of drug-likeness (QED) is 0.489. The second-order valence-electron chi connectivity index (χ2n) is 6.46. The minimum absolute atomic E-state index is 0.207. The Hall–Kier alpha value is -2.56. The number of methoxy groups -OCH3 is 1. The molecule has 1 N–H and O–H groups in total. The molecule has 0 unspecified atom stereocenters. The molecule has 0 atom stereocenters. The fourth-order valence-corrected chi connectivity index (χ4v) is 3.06. The van der Waals surface area contributed by atoms with E-state index in [-0.39, 0.29) is 5.82 Å². The lowest BCUT2D eigenvalue weighted by atomic mass is 10.1. The number of rotatable bonds is 9. The molecule has 3 rings (SSSR count). The summed E-state index contributed by atoms with van der Waals surface area (Å²) < 4.78 is 24.3. The second-order valence-corrected chi connectivity index (χ2v) is 6.89. The first kappa shape index (κ1) is 20.2. The van der Waals surface area contributed by atoms with Gasteiger partial charge in [-0.15, -0.1) is 0 Å². The maximum atomic E-state index is 12.9. The molecule has 0 saturated carbocycles. The molecule has 0 bridgehead atoms. The van der Waals surface area contributed by atoms with Gasteiger partial charge >= 0.3 is 0 Å². The van der Waals surface area contributed by atoms with Gasteiger partial charge in [-0.2, -0.15) is 0 Å². The van der Waals surface area contributed by atoms with Crippen LogP contribution in [-0.2, 0) is 19.6 Å². The minimum Gasteiger partial charge on any atom is -0.493 e. The lowest BCUT2D eigenvalue weighted by Crippen LogP contribution is -2.16. The van der Waals surface area contributed by atoms with Crippen LogP contribution >= 0.6 is 11.6 Å². The topological polar surface area (TPSA) is 30.5 Å². The highest BCUT2D eigenvalue weighted by atomic mass is 35.5. The Bertz CT molecular complexity index is 899. The Labute approximate surface area is 170 Å². The van der Waals surface area contributed by atoms with Crippen molar-refractivity contribution in [3.05, 3.63) is 94.3 Å². The normalized spacial score (nSPS) is 10.7. The zero-order valence-electron chi connectivity index (χ0n) is 15.8. The van der Waals surface area contributed by atoms with Crippen molar-refractivity contribution in [2.75, 3.05) is 13.7 Å². The molecule has 28 heavy (non-hydrogen) atoms. The standard InChI is InChI=1S/C23H23ClFNO2/c1-27-23-14-18(15-26-12-11-17-5-8-21(25)9-6-17)7-10-22(23)28-16-19-3-2-4-20(24)13-19/h2-10,13-14,26H,11-12,15-16H2,1H3. The first-order chi connectivity index (χ1) is 13.6. The summed E-state index contributed by atoms with van der Waals surface area (Å²) in [6, 6.07) is 20.1. The number of benzene rings is 3. The number of halogens is 2. The van der Waals surface area contributed by atoms with Crippen molar-refractivity contribution >= 4 is 11.6 Å². The van der Waals surface area contributed by atoms with E-state index < -0.39 is 0 Å². The lowest BCUT2D eigenvalue weighted by molar-refractivity contribution is 0.284. The van der Waals surface area contributed by atoms with Gasteiger partial charge in [-0.05, 0) is 66.1 Å². The van der Waals surface area contributed by atoms with Crippen molar-refractivity contribution in [3.8, 4) is 11.5 Å². The fraction of sp³-hybridized carbons (Fsp3) is 0.217. The van der Waals surface area contributed by atoms with Crippen molar-refractivity contribution in [2.45, 2.75) is 19.6 Å². The summed E-state index contributed by atoms with van der Waals surface area (Å²) in [6.45, 7) is 1.94. The molecule has 3 aromatic carbocycles. The Balaban J connectivity index is 1.51. The molecule has 0 heterocycles. The largest absolute Gasteiger partial charge is 0.493 e. The number of ether oxygens (including phenoxy) is 2. The summed E-state index contributed by atoms with van der Waals surface area (Å²) in [7, 11) is 1.63. The molecule has 5 heteroatoms. The van der Waals surface area contributed by atoms with Crippen molar-refractivity contribution in [1.82, 2.24) is 5.32 Å². The summed E-state index contributed by atoms with van der Waals surface area (Å²) >= 11 is 6.01. The van der Waals surface area contributed by atoms with E-state index in [4.69, 9.17) is 21.1 Å². The maximum absolute atomic E-state index is 12.9. The first-order valence-corrected chi connectivity index (χ1v) is 9.51. The van der Waals surface area contributed by atoms with Gasteiger partial charge in [0, 0.05) is 11.6 Å². The molecular weight excluding hydrogens is 377 g/mol. The van der Waals surface area contributed by atoms with Gasteiger partial charge in [0.15, 0.2) is 11.5 Å². The first-order valence-electron chi connectivity index (χ1n) is 9.13. The van der Waals surface area contributed by atoms with Crippen LogP contribution < -0.4 is 14.8 Å². The third-order valence-electron chi connectivity index (χ3n) is 4.34. The van der Waals surface area contributed by atoms with E-state index in [1.165, 1.54) is 12.1 Å². The van der Waals surface area contributed by atoms with E-state index in [9.17, 15) is 4.39 Å². The highest BCUT2D eigenvalue weighted by Gasteiger charge is 2.07. The predicted molar refractivity (Wildman–Crippen MR) is 111 cm³/mol. The molecule has 0 spiro atoms. The number of hydrogen-bond acceptors (Lipinski definition) is 3. The number of nitrogens with one attached hydrogen (secondary N) is 1. The highest BCUT2D eigenvalue weighted by Crippen LogP contribution is 2.29. The SMILES string of the molecule is COc1cc(CNCCc2ccc(F)cc2)ccc1OCc1cccc(Cl)c1. The molecule has 0 amide bonds. The summed E-state index contributed by atoms with van der Waals surface area (Å²) in [5.41, 5.74) is 3.21. The Kier molecular flexibility index (Phi) is 7.29. The van der Waals surface area contributed by atoms with Gasteiger partial charge in [0.05, 0.1) is 7.11 Å². The summed E-state index contributed by atoms with van der Waals surface area (Å²) in [4.78, 5) is 0. The van der Waals surface area contributed by atoms with Crippen LogP contribution in [-0.4, -0.2) is 13.7 Å². The molecule has 146 valence electrons. The van der Waals surface area contributed by atoms with Crippen LogP contribution in [0.25, 0.3) is 0 Å². The second kappa shape index (κ2) is 10.1. The van der Waals surface area contributed by atoms with Crippen molar-refractivity contribution < 1.29 is 13.9 Å². The van der Waals surface area contributed by atoms with E-state index in [1.54, 1.807) is 7.11 Å². The van der Waals surface area contributed by atoms with Crippen LogP contribution in [0.5, 0.6) is 11.5 Å². The molecule has 0 aliphatic carbocycles. The van der Waals surface area contributed by atoms with E-state index in [0.717, 1.165) is 29.7 Å². The Morgan fingerprint density at radius 2 is 1.68 bits per heavy atom. The van der Waals surface area contributed by atoms with Gasteiger partial charge in [-0.1, -0.05) is 41.9 Å². The summed E-state index contributed by atoms with van der Waals surface area (Å²) in [5, 5.41) is 4.08. The molecule has 3 nitrogen and oxygen atoms in total. The van der Waals surface area contributed by atoms with Gasteiger partial charge < -0.3 is 14.8 Å². The van der Waals surface area contributed by atoms with Crippen LogP contribution in [0.15, 0.2) is 66.7 Å². The molecule has 0 saturated heterocycles.